The summed E-state index contributed by atoms with van der Waals surface area (Å²) < 4.78 is 18.7. The van der Waals surface area contributed by atoms with E-state index in [4.69, 9.17) is 10.5 Å². The van der Waals surface area contributed by atoms with Gasteiger partial charge in [0, 0.05) is 0 Å². The molecule has 0 amide bonds. The molecule has 4 heteroatoms. The lowest BCUT2D eigenvalue weighted by atomic mass is 9.91. The smallest absolute Gasteiger partial charge is 0.317 e. The van der Waals surface area contributed by atoms with Gasteiger partial charge in [-0.1, -0.05) is 36.4 Å². The highest BCUT2D eigenvalue weighted by Crippen LogP contribution is 2.28. The maximum Gasteiger partial charge on any atom is 0.317 e. The van der Waals surface area contributed by atoms with Gasteiger partial charge in [-0.2, -0.15) is 0 Å². The Labute approximate surface area is 117 Å². The van der Waals surface area contributed by atoms with Crippen molar-refractivity contribution in [3.8, 4) is 0 Å². The average molecular weight is 273 g/mol. The van der Waals surface area contributed by atoms with E-state index in [1.807, 2.05) is 30.3 Å². The summed E-state index contributed by atoms with van der Waals surface area (Å²) in [5.74, 6) is -1.58. The van der Waals surface area contributed by atoms with Crippen LogP contribution in [0.4, 0.5) is 10.1 Å². The van der Waals surface area contributed by atoms with E-state index in [9.17, 15) is 9.18 Å². The summed E-state index contributed by atoms with van der Waals surface area (Å²) >= 11 is 0. The molecule has 3 nitrogen and oxygen atoms in total. The second-order valence-corrected chi connectivity index (χ2v) is 4.38. The molecular formula is C16H16FNO2. The second kappa shape index (κ2) is 6.19. The quantitative estimate of drug-likeness (QED) is 0.688. The van der Waals surface area contributed by atoms with Crippen LogP contribution in [0, 0.1) is 5.82 Å². The van der Waals surface area contributed by atoms with Crippen LogP contribution in [0.5, 0.6) is 0 Å². The highest BCUT2D eigenvalue weighted by Gasteiger charge is 2.24. The molecule has 0 spiro atoms. The van der Waals surface area contributed by atoms with Gasteiger partial charge in [-0.25, -0.2) is 4.39 Å². The molecule has 0 saturated carbocycles. The summed E-state index contributed by atoms with van der Waals surface area (Å²) in [6.45, 7) is 2.02. The zero-order chi connectivity index (χ0) is 14.5. The van der Waals surface area contributed by atoms with Gasteiger partial charge in [0.05, 0.1) is 12.3 Å². The minimum atomic E-state index is -0.647. The lowest BCUT2D eigenvalue weighted by Gasteiger charge is -2.17. The molecule has 20 heavy (non-hydrogen) atoms. The van der Waals surface area contributed by atoms with Gasteiger partial charge in [0.1, 0.15) is 11.7 Å². The van der Waals surface area contributed by atoms with E-state index in [0.717, 1.165) is 5.56 Å². The lowest BCUT2D eigenvalue weighted by Crippen LogP contribution is -2.17. The van der Waals surface area contributed by atoms with E-state index >= 15 is 0 Å². The number of rotatable bonds is 4. The number of anilines is 1. The molecule has 0 aliphatic heterocycles. The number of nitrogen functional groups attached to an aromatic ring is 1. The van der Waals surface area contributed by atoms with Gasteiger partial charge in [0.15, 0.2) is 0 Å². The highest BCUT2D eigenvalue weighted by atomic mass is 19.1. The first kappa shape index (κ1) is 14.1. The van der Waals surface area contributed by atoms with Gasteiger partial charge < -0.3 is 10.5 Å². The van der Waals surface area contributed by atoms with Crippen LogP contribution in [0.2, 0.25) is 0 Å². The third kappa shape index (κ3) is 2.96. The van der Waals surface area contributed by atoms with Gasteiger partial charge in [0.2, 0.25) is 0 Å². The largest absolute Gasteiger partial charge is 0.465 e. The van der Waals surface area contributed by atoms with E-state index in [1.165, 1.54) is 12.1 Å². The number of benzene rings is 2. The predicted octanol–water partition coefficient (Wildman–Crippen LogP) is 3.10. The molecule has 2 aromatic rings. The maximum atomic E-state index is 13.6. The summed E-state index contributed by atoms with van der Waals surface area (Å²) in [5, 5.41) is 0. The molecule has 0 aromatic heterocycles. The molecule has 0 bridgehead atoms. The van der Waals surface area contributed by atoms with Crippen molar-refractivity contribution in [2.24, 2.45) is 0 Å². The number of esters is 1. The van der Waals surface area contributed by atoms with Crippen molar-refractivity contribution >= 4 is 11.7 Å². The minimum Gasteiger partial charge on any atom is -0.465 e. The van der Waals surface area contributed by atoms with Crippen molar-refractivity contribution < 1.29 is 13.9 Å². The molecule has 0 fully saturated rings. The Morgan fingerprint density at radius 1 is 1.20 bits per heavy atom. The molecule has 0 aliphatic carbocycles. The van der Waals surface area contributed by atoms with Crippen LogP contribution in [-0.4, -0.2) is 12.6 Å². The minimum absolute atomic E-state index is 0.0596. The standard InChI is InChI=1S/C16H16FNO2/c1-2-20-16(19)15(11-6-4-3-5-7-11)12-8-9-14(18)13(17)10-12/h3-10,15H,2,18H2,1H3. The Bertz CT molecular complexity index is 599. The fraction of sp³-hybridized carbons (Fsp3) is 0.188. The molecule has 2 aromatic carbocycles. The predicted molar refractivity (Wildman–Crippen MR) is 75.7 cm³/mol. The van der Waals surface area contributed by atoms with Crippen molar-refractivity contribution in [2.75, 3.05) is 12.3 Å². The van der Waals surface area contributed by atoms with Gasteiger partial charge >= 0.3 is 5.97 Å². The number of hydrogen-bond donors (Lipinski definition) is 1. The van der Waals surface area contributed by atoms with Crippen molar-refractivity contribution in [1.29, 1.82) is 0 Å². The molecule has 2 rings (SSSR count). The Kier molecular flexibility index (Phi) is 4.35. The summed E-state index contributed by atoms with van der Waals surface area (Å²) in [4.78, 5) is 12.2. The average Bonchev–Trinajstić information content (AvgIpc) is 2.44. The molecule has 0 radical (unpaired) electrons. The summed E-state index contributed by atoms with van der Waals surface area (Å²) in [7, 11) is 0. The first-order valence-electron chi connectivity index (χ1n) is 6.40. The highest BCUT2D eigenvalue weighted by molar-refractivity contribution is 5.82. The third-order valence-corrected chi connectivity index (χ3v) is 3.01. The van der Waals surface area contributed by atoms with Gasteiger partial charge in [0.25, 0.3) is 0 Å². The number of ether oxygens (including phenoxy) is 1. The first-order valence-corrected chi connectivity index (χ1v) is 6.40. The lowest BCUT2D eigenvalue weighted by molar-refractivity contribution is -0.143. The summed E-state index contributed by atoms with van der Waals surface area (Å²) in [6, 6.07) is 13.5. The van der Waals surface area contributed by atoms with Crippen LogP contribution >= 0.6 is 0 Å². The molecule has 1 atom stereocenters. The van der Waals surface area contributed by atoms with Gasteiger partial charge in [-0.3, -0.25) is 4.79 Å². The molecule has 104 valence electrons. The topological polar surface area (TPSA) is 52.3 Å². The molecule has 0 heterocycles. The SMILES string of the molecule is CCOC(=O)C(c1ccccc1)c1ccc(N)c(F)c1. The van der Waals surface area contributed by atoms with Crippen molar-refractivity contribution in [3.05, 3.63) is 65.5 Å². The van der Waals surface area contributed by atoms with E-state index < -0.39 is 17.7 Å². The van der Waals surface area contributed by atoms with Crippen molar-refractivity contribution in [3.63, 3.8) is 0 Å². The van der Waals surface area contributed by atoms with Crippen LogP contribution in [-0.2, 0) is 9.53 Å². The fourth-order valence-electron chi connectivity index (χ4n) is 2.06. The van der Waals surface area contributed by atoms with E-state index in [0.29, 0.717) is 5.56 Å². The number of hydrogen-bond acceptors (Lipinski definition) is 3. The Balaban J connectivity index is 2.46. The second-order valence-electron chi connectivity index (χ2n) is 4.38. The van der Waals surface area contributed by atoms with E-state index in [2.05, 4.69) is 0 Å². The van der Waals surface area contributed by atoms with Crippen molar-refractivity contribution in [2.45, 2.75) is 12.8 Å². The summed E-state index contributed by atoms with van der Waals surface area (Å²) in [5.41, 5.74) is 6.82. The van der Waals surface area contributed by atoms with Crippen LogP contribution in [0.3, 0.4) is 0 Å². The number of carbonyl (C=O) groups excluding carboxylic acids is 1. The van der Waals surface area contributed by atoms with Crippen LogP contribution in [0.15, 0.2) is 48.5 Å². The van der Waals surface area contributed by atoms with Crippen LogP contribution < -0.4 is 5.73 Å². The molecule has 2 N–H and O–H groups in total. The monoisotopic (exact) mass is 273 g/mol. The van der Waals surface area contributed by atoms with E-state index in [-0.39, 0.29) is 12.3 Å². The Morgan fingerprint density at radius 3 is 2.50 bits per heavy atom. The maximum absolute atomic E-state index is 13.6. The normalized spacial score (nSPS) is 11.9. The molecule has 0 saturated heterocycles. The van der Waals surface area contributed by atoms with Crippen LogP contribution in [0.1, 0.15) is 24.0 Å². The van der Waals surface area contributed by atoms with Crippen LogP contribution in [0.25, 0.3) is 0 Å². The third-order valence-electron chi connectivity index (χ3n) is 3.01. The number of halogens is 1. The first-order chi connectivity index (χ1) is 9.63. The zero-order valence-electron chi connectivity index (χ0n) is 11.2. The molecule has 0 aliphatic rings. The Morgan fingerprint density at radius 2 is 1.90 bits per heavy atom. The number of nitrogens with two attached hydrogens (primary N) is 1. The van der Waals surface area contributed by atoms with Gasteiger partial charge in [-0.05, 0) is 30.2 Å². The summed E-state index contributed by atoms with van der Waals surface area (Å²) in [6.07, 6.45) is 0. The van der Waals surface area contributed by atoms with E-state index in [1.54, 1.807) is 13.0 Å². The zero-order valence-corrected chi connectivity index (χ0v) is 11.2. The molecular weight excluding hydrogens is 257 g/mol. The molecule has 1 unspecified atom stereocenters. The van der Waals surface area contributed by atoms with Gasteiger partial charge in [-0.15, -0.1) is 0 Å². The number of carbonyl (C=O) groups is 1. The fourth-order valence-corrected chi connectivity index (χ4v) is 2.06. The van der Waals surface area contributed by atoms with Crippen molar-refractivity contribution in [1.82, 2.24) is 0 Å². The Hall–Kier alpha value is -2.36.